The highest BCUT2D eigenvalue weighted by molar-refractivity contribution is 5.99. The van der Waals surface area contributed by atoms with Crippen molar-refractivity contribution in [1.82, 2.24) is 4.90 Å². The van der Waals surface area contributed by atoms with Crippen LogP contribution in [0.3, 0.4) is 0 Å². The van der Waals surface area contributed by atoms with E-state index >= 15 is 0 Å². The zero-order valence-electron chi connectivity index (χ0n) is 15.6. The normalized spacial score (nSPS) is 17.6. The third kappa shape index (κ3) is 4.75. The number of hydrogen-bond acceptors (Lipinski definition) is 4. The number of anilines is 2. The van der Waals surface area contributed by atoms with Crippen LogP contribution in [0.5, 0.6) is 5.75 Å². The smallest absolute Gasteiger partial charge is 0.265 e. The van der Waals surface area contributed by atoms with E-state index in [0.29, 0.717) is 24.4 Å². The van der Waals surface area contributed by atoms with Crippen LogP contribution < -0.4 is 15.0 Å². The van der Waals surface area contributed by atoms with Gasteiger partial charge in [-0.25, -0.2) is 0 Å². The Morgan fingerprint density at radius 2 is 2.00 bits per heavy atom. The van der Waals surface area contributed by atoms with Crippen LogP contribution in [0.2, 0.25) is 0 Å². The summed E-state index contributed by atoms with van der Waals surface area (Å²) in [5, 5.41) is 2.92. The van der Waals surface area contributed by atoms with Gasteiger partial charge in [-0.1, -0.05) is 19.8 Å². The largest absolute Gasteiger partial charge is 0.482 e. The first-order chi connectivity index (χ1) is 12.7. The number of amides is 2. The Balaban J connectivity index is 1.68. The van der Waals surface area contributed by atoms with E-state index in [1.54, 1.807) is 4.90 Å². The van der Waals surface area contributed by atoms with Crippen LogP contribution >= 0.6 is 0 Å². The summed E-state index contributed by atoms with van der Waals surface area (Å²) in [5.74, 6) is 0.688. The number of nitrogens with zero attached hydrogens (tertiary/aromatic N) is 2. The molecule has 0 radical (unpaired) electrons. The van der Waals surface area contributed by atoms with E-state index in [9.17, 15) is 9.59 Å². The van der Waals surface area contributed by atoms with E-state index in [1.165, 1.54) is 19.3 Å². The third-order valence-corrected chi connectivity index (χ3v) is 5.03. The van der Waals surface area contributed by atoms with Crippen molar-refractivity contribution in [2.24, 2.45) is 0 Å². The van der Waals surface area contributed by atoms with E-state index in [2.05, 4.69) is 17.1 Å². The lowest BCUT2D eigenvalue weighted by Crippen LogP contribution is -2.44. The van der Waals surface area contributed by atoms with Gasteiger partial charge in [-0.15, -0.1) is 0 Å². The molecule has 1 aromatic rings. The maximum atomic E-state index is 12.4. The number of fused-ring (bicyclic) bond motifs is 1. The molecule has 1 saturated heterocycles. The predicted molar refractivity (Wildman–Crippen MR) is 103 cm³/mol. The molecule has 1 fully saturated rings. The molecule has 6 nitrogen and oxygen atoms in total. The fourth-order valence-electron chi connectivity index (χ4n) is 3.51. The molecule has 0 aliphatic carbocycles. The summed E-state index contributed by atoms with van der Waals surface area (Å²) in [6, 6.07) is 5.53. The van der Waals surface area contributed by atoms with Crippen LogP contribution in [0.25, 0.3) is 0 Å². The quantitative estimate of drug-likeness (QED) is 0.813. The number of likely N-dealkylation sites (tertiary alicyclic amines) is 1. The van der Waals surface area contributed by atoms with Gasteiger partial charge in [0.25, 0.3) is 5.91 Å². The molecule has 1 N–H and O–H groups in total. The van der Waals surface area contributed by atoms with Gasteiger partial charge in [-0.05, 0) is 50.6 Å². The molecule has 0 aromatic heterocycles. The number of hydrogen-bond donors (Lipinski definition) is 1. The number of carbonyl (C=O) groups is 2. The summed E-state index contributed by atoms with van der Waals surface area (Å²) in [5.41, 5.74) is 1.47. The highest BCUT2D eigenvalue weighted by Gasteiger charge is 2.26. The minimum Gasteiger partial charge on any atom is -0.482 e. The van der Waals surface area contributed by atoms with Gasteiger partial charge < -0.3 is 19.9 Å². The SMILES string of the molecule is CCCCC(=O)Nc1ccc2c(c1)N(CCN1CCCCC1)C(=O)CO2. The maximum absolute atomic E-state index is 12.4. The molecule has 3 rings (SSSR count). The van der Waals surface area contributed by atoms with Gasteiger partial charge in [-0.2, -0.15) is 0 Å². The first kappa shape index (κ1) is 18.7. The zero-order chi connectivity index (χ0) is 18.4. The molecule has 2 heterocycles. The summed E-state index contributed by atoms with van der Waals surface area (Å²) < 4.78 is 5.57. The van der Waals surface area contributed by atoms with Crippen molar-refractivity contribution in [1.29, 1.82) is 0 Å². The van der Waals surface area contributed by atoms with Gasteiger partial charge in [0.05, 0.1) is 5.69 Å². The van der Waals surface area contributed by atoms with Gasteiger partial charge in [0.1, 0.15) is 5.75 Å². The van der Waals surface area contributed by atoms with E-state index < -0.39 is 0 Å². The number of carbonyl (C=O) groups excluding carboxylic acids is 2. The highest BCUT2D eigenvalue weighted by Crippen LogP contribution is 2.34. The van der Waals surface area contributed by atoms with Crippen LogP contribution in [0.15, 0.2) is 18.2 Å². The van der Waals surface area contributed by atoms with Crippen molar-refractivity contribution < 1.29 is 14.3 Å². The lowest BCUT2D eigenvalue weighted by molar-refractivity contribution is -0.121. The molecule has 2 aliphatic heterocycles. The zero-order valence-corrected chi connectivity index (χ0v) is 15.6. The average Bonchev–Trinajstić information content (AvgIpc) is 2.66. The van der Waals surface area contributed by atoms with E-state index in [4.69, 9.17) is 4.74 Å². The molecule has 26 heavy (non-hydrogen) atoms. The number of benzene rings is 1. The molecule has 142 valence electrons. The first-order valence-electron chi connectivity index (χ1n) is 9.77. The number of rotatable bonds is 7. The molecule has 0 saturated carbocycles. The van der Waals surface area contributed by atoms with Crippen LogP contribution in [0, 0.1) is 0 Å². The summed E-state index contributed by atoms with van der Waals surface area (Å²) in [4.78, 5) is 28.6. The Morgan fingerprint density at radius 3 is 2.77 bits per heavy atom. The van der Waals surface area contributed by atoms with Crippen molar-refractivity contribution in [2.45, 2.75) is 45.4 Å². The van der Waals surface area contributed by atoms with Gasteiger partial charge in [-0.3, -0.25) is 9.59 Å². The molecule has 0 spiro atoms. The topological polar surface area (TPSA) is 61.9 Å². The summed E-state index contributed by atoms with van der Waals surface area (Å²) >= 11 is 0. The third-order valence-electron chi connectivity index (χ3n) is 5.03. The van der Waals surface area contributed by atoms with Gasteiger partial charge in [0, 0.05) is 25.2 Å². The second kappa shape index (κ2) is 9.03. The number of piperidine rings is 1. The minimum absolute atomic E-state index is 0.00900. The molecule has 0 unspecified atom stereocenters. The molecule has 6 heteroatoms. The Hall–Kier alpha value is -2.08. The second-order valence-corrected chi connectivity index (χ2v) is 7.07. The molecule has 1 aromatic carbocycles. The lowest BCUT2D eigenvalue weighted by Gasteiger charge is -2.33. The highest BCUT2D eigenvalue weighted by atomic mass is 16.5. The number of unbranched alkanes of at least 4 members (excludes halogenated alkanes) is 1. The van der Waals surface area contributed by atoms with E-state index in [0.717, 1.165) is 38.2 Å². The lowest BCUT2D eigenvalue weighted by atomic mass is 10.1. The summed E-state index contributed by atoms with van der Waals surface area (Å²) in [7, 11) is 0. The first-order valence-corrected chi connectivity index (χ1v) is 9.77. The van der Waals surface area contributed by atoms with Crippen LogP contribution in [-0.4, -0.2) is 49.5 Å². The molecule has 2 amide bonds. The van der Waals surface area contributed by atoms with Crippen molar-refractivity contribution in [2.75, 3.05) is 43.0 Å². The summed E-state index contributed by atoms with van der Waals surface area (Å²) in [6.45, 7) is 5.89. The van der Waals surface area contributed by atoms with Gasteiger partial charge >= 0.3 is 0 Å². The monoisotopic (exact) mass is 359 g/mol. The van der Waals surface area contributed by atoms with E-state index in [1.807, 2.05) is 18.2 Å². The molecule has 0 atom stereocenters. The molecular weight excluding hydrogens is 330 g/mol. The number of ether oxygens (including phenoxy) is 1. The Bertz CT molecular complexity index is 641. The Kier molecular flexibility index (Phi) is 6.50. The summed E-state index contributed by atoms with van der Waals surface area (Å²) in [6.07, 6.45) is 6.16. The predicted octanol–water partition coefficient (Wildman–Crippen LogP) is 3.03. The molecular formula is C20H29N3O3. The molecule has 2 aliphatic rings. The van der Waals surface area contributed by atoms with E-state index in [-0.39, 0.29) is 18.4 Å². The fourth-order valence-corrected chi connectivity index (χ4v) is 3.51. The van der Waals surface area contributed by atoms with Crippen molar-refractivity contribution in [3.05, 3.63) is 18.2 Å². The fraction of sp³-hybridized carbons (Fsp3) is 0.600. The molecule has 0 bridgehead atoms. The average molecular weight is 359 g/mol. The van der Waals surface area contributed by atoms with Gasteiger partial charge in [0.2, 0.25) is 5.91 Å². The van der Waals surface area contributed by atoms with Crippen molar-refractivity contribution in [3.63, 3.8) is 0 Å². The maximum Gasteiger partial charge on any atom is 0.265 e. The Morgan fingerprint density at radius 1 is 1.19 bits per heavy atom. The second-order valence-electron chi connectivity index (χ2n) is 7.07. The van der Waals surface area contributed by atoms with Crippen molar-refractivity contribution in [3.8, 4) is 5.75 Å². The van der Waals surface area contributed by atoms with Crippen LogP contribution in [0.1, 0.15) is 45.4 Å². The van der Waals surface area contributed by atoms with Crippen LogP contribution in [-0.2, 0) is 9.59 Å². The minimum atomic E-state index is -0.0241. The Labute approximate surface area is 155 Å². The van der Waals surface area contributed by atoms with Crippen molar-refractivity contribution >= 4 is 23.2 Å². The number of nitrogens with one attached hydrogen (secondary N) is 1. The van der Waals surface area contributed by atoms with Gasteiger partial charge in [0.15, 0.2) is 6.61 Å². The standard InChI is InChI=1S/C20H29N3O3/c1-2-3-7-19(24)21-16-8-9-18-17(14-16)23(20(25)15-26-18)13-12-22-10-5-4-6-11-22/h8-9,14H,2-7,10-13,15H2,1H3,(H,21,24). The van der Waals surface area contributed by atoms with Crippen LogP contribution in [0.4, 0.5) is 11.4 Å².